The summed E-state index contributed by atoms with van der Waals surface area (Å²) in [5, 5.41) is 0. The maximum Gasteiger partial charge on any atom is 0.410 e. The van der Waals surface area contributed by atoms with Gasteiger partial charge in [0.15, 0.2) is 0 Å². The number of hydrogen-bond donors (Lipinski definition) is 0. The van der Waals surface area contributed by atoms with E-state index in [2.05, 4.69) is 0 Å². The van der Waals surface area contributed by atoms with Gasteiger partial charge in [-0.05, 0) is 32.8 Å². The standard InChI is InChI=1S/C18H24N2O4/c1-18(2,3)24-17(22)20-14-9-10-19(11-15(14)20)16(21)23-12-13-7-5-4-6-8-13/h4-8,14-15H,9-12H2,1-3H3/t14?,15-,20?/m1/s1. The topological polar surface area (TPSA) is 58.9 Å². The van der Waals surface area contributed by atoms with Crippen molar-refractivity contribution in [3.05, 3.63) is 35.9 Å². The highest BCUT2D eigenvalue weighted by atomic mass is 16.6. The molecule has 2 fully saturated rings. The number of likely N-dealkylation sites (tertiary alicyclic amines) is 1. The number of benzene rings is 1. The Morgan fingerprint density at radius 3 is 2.50 bits per heavy atom. The molecular weight excluding hydrogens is 308 g/mol. The van der Waals surface area contributed by atoms with Crippen LogP contribution >= 0.6 is 0 Å². The highest BCUT2D eigenvalue weighted by Gasteiger charge is 2.55. The van der Waals surface area contributed by atoms with Gasteiger partial charge in [-0.25, -0.2) is 9.59 Å². The summed E-state index contributed by atoms with van der Waals surface area (Å²) < 4.78 is 10.8. The summed E-state index contributed by atoms with van der Waals surface area (Å²) in [7, 11) is 0. The van der Waals surface area contributed by atoms with Gasteiger partial charge in [0.2, 0.25) is 0 Å². The van der Waals surface area contributed by atoms with Gasteiger partial charge in [-0.3, -0.25) is 4.90 Å². The molecule has 2 heterocycles. The molecule has 1 aromatic rings. The molecule has 3 rings (SSSR count). The maximum absolute atomic E-state index is 12.2. The van der Waals surface area contributed by atoms with E-state index in [1.165, 1.54) is 0 Å². The fourth-order valence-electron chi connectivity index (χ4n) is 3.04. The Labute approximate surface area is 142 Å². The number of hydrogen-bond acceptors (Lipinski definition) is 4. The van der Waals surface area contributed by atoms with Crippen molar-refractivity contribution < 1.29 is 19.1 Å². The van der Waals surface area contributed by atoms with Gasteiger partial charge < -0.3 is 14.4 Å². The van der Waals surface area contributed by atoms with Crippen LogP contribution in [0, 0.1) is 0 Å². The van der Waals surface area contributed by atoms with Crippen LogP contribution in [0.15, 0.2) is 30.3 Å². The third-order valence-corrected chi connectivity index (χ3v) is 4.24. The van der Waals surface area contributed by atoms with E-state index < -0.39 is 5.60 Å². The van der Waals surface area contributed by atoms with Crippen molar-refractivity contribution in [3.63, 3.8) is 0 Å². The van der Waals surface area contributed by atoms with Crippen LogP contribution in [-0.2, 0) is 16.1 Å². The first-order chi connectivity index (χ1) is 11.3. The average molecular weight is 332 g/mol. The second-order valence-electron chi connectivity index (χ2n) is 7.30. The molecule has 6 heteroatoms. The number of ether oxygens (including phenoxy) is 2. The molecule has 2 amide bonds. The fourth-order valence-corrected chi connectivity index (χ4v) is 3.04. The molecule has 2 saturated heterocycles. The lowest BCUT2D eigenvalue weighted by atomic mass is 10.1. The predicted octanol–water partition coefficient (Wildman–Crippen LogP) is 3.02. The second kappa shape index (κ2) is 6.34. The van der Waals surface area contributed by atoms with Crippen LogP contribution in [0.25, 0.3) is 0 Å². The molecule has 6 nitrogen and oxygen atoms in total. The lowest BCUT2D eigenvalue weighted by Gasteiger charge is -2.24. The number of carbonyl (C=O) groups is 2. The van der Waals surface area contributed by atoms with Gasteiger partial charge in [0.05, 0.1) is 12.1 Å². The number of fused-ring (bicyclic) bond motifs is 1. The summed E-state index contributed by atoms with van der Waals surface area (Å²) in [5.74, 6) is 0. The Morgan fingerprint density at radius 2 is 1.83 bits per heavy atom. The highest BCUT2D eigenvalue weighted by Crippen LogP contribution is 2.37. The summed E-state index contributed by atoms with van der Waals surface area (Å²) in [4.78, 5) is 27.8. The normalized spacial score (nSPS) is 22.6. The molecule has 0 saturated carbocycles. The molecule has 0 N–H and O–H groups in total. The molecule has 1 unspecified atom stereocenters. The van der Waals surface area contributed by atoms with Gasteiger partial charge in [0.25, 0.3) is 0 Å². The molecule has 0 spiro atoms. The minimum Gasteiger partial charge on any atom is -0.445 e. The van der Waals surface area contributed by atoms with Crippen molar-refractivity contribution in [3.8, 4) is 0 Å². The minimum atomic E-state index is -0.503. The molecule has 130 valence electrons. The zero-order valence-corrected chi connectivity index (χ0v) is 14.4. The van der Waals surface area contributed by atoms with E-state index in [-0.39, 0.29) is 30.9 Å². The first kappa shape index (κ1) is 16.6. The minimum absolute atomic E-state index is 0.0536. The number of amides is 2. The molecule has 0 bridgehead atoms. The highest BCUT2D eigenvalue weighted by molar-refractivity contribution is 5.74. The van der Waals surface area contributed by atoms with E-state index in [4.69, 9.17) is 9.47 Å². The SMILES string of the molecule is CC(C)(C)OC(=O)N1C2CCN(C(=O)OCc3ccccc3)C[C@H]21. The van der Waals surface area contributed by atoms with E-state index in [1.807, 2.05) is 51.1 Å². The summed E-state index contributed by atoms with van der Waals surface area (Å²) >= 11 is 0. The van der Waals surface area contributed by atoms with E-state index in [9.17, 15) is 9.59 Å². The quantitative estimate of drug-likeness (QED) is 0.781. The van der Waals surface area contributed by atoms with Crippen LogP contribution in [0.2, 0.25) is 0 Å². The molecule has 24 heavy (non-hydrogen) atoms. The summed E-state index contributed by atoms with van der Waals surface area (Å²) in [6, 6.07) is 9.84. The van der Waals surface area contributed by atoms with Gasteiger partial charge in [-0.15, -0.1) is 0 Å². The van der Waals surface area contributed by atoms with E-state index >= 15 is 0 Å². The predicted molar refractivity (Wildman–Crippen MR) is 88.5 cm³/mol. The van der Waals surface area contributed by atoms with Crippen LogP contribution in [-0.4, -0.2) is 52.8 Å². The van der Waals surface area contributed by atoms with Crippen LogP contribution in [0.5, 0.6) is 0 Å². The van der Waals surface area contributed by atoms with E-state index in [0.29, 0.717) is 13.1 Å². The van der Waals surface area contributed by atoms with E-state index in [1.54, 1.807) is 9.80 Å². The zero-order chi connectivity index (χ0) is 17.3. The third-order valence-electron chi connectivity index (χ3n) is 4.24. The lowest BCUT2D eigenvalue weighted by Crippen LogP contribution is -2.39. The Hall–Kier alpha value is -2.24. The van der Waals surface area contributed by atoms with Gasteiger partial charge in [0, 0.05) is 13.1 Å². The Morgan fingerprint density at radius 1 is 1.12 bits per heavy atom. The van der Waals surface area contributed by atoms with E-state index in [0.717, 1.165) is 12.0 Å². The van der Waals surface area contributed by atoms with Gasteiger partial charge in [-0.1, -0.05) is 30.3 Å². The Kier molecular flexibility index (Phi) is 4.39. The third kappa shape index (κ3) is 3.80. The molecule has 2 aliphatic heterocycles. The number of nitrogens with zero attached hydrogens (tertiary/aromatic N) is 2. The first-order valence-electron chi connectivity index (χ1n) is 8.32. The molecule has 0 aliphatic carbocycles. The lowest BCUT2D eigenvalue weighted by molar-refractivity contribution is 0.0392. The summed E-state index contributed by atoms with van der Waals surface area (Å²) in [6.07, 6.45) is 0.148. The first-order valence-corrected chi connectivity index (χ1v) is 8.32. The van der Waals surface area contributed by atoms with Crippen molar-refractivity contribution in [2.45, 2.75) is 51.5 Å². The number of rotatable bonds is 2. The molecule has 0 aromatic heterocycles. The van der Waals surface area contributed by atoms with Crippen molar-refractivity contribution >= 4 is 12.2 Å². The van der Waals surface area contributed by atoms with Crippen LogP contribution in [0.1, 0.15) is 32.8 Å². The van der Waals surface area contributed by atoms with Crippen LogP contribution in [0.4, 0.5) is 9.59 Å². The van der Waals surface area contributed by atoms with Crippen molar-refractivity contribution in [1.29, 1.82) is 0 Å². The summed E-state index contributed by atoms with van der Waals surface area (Å²) in [5.41, 5.74) is 0.458. The fraction of sp³-hybridized carbons (Fsp3) is 0.556. The number of piperidine rings is 1. The monoisotopic (exact) mass is 332 g/mol. The van der Waals surface area contributed by atoms with Crippen molar-refractivity contribution in [2.24, 2.45) is 0 Å². The smallest absolute Gasteiger partial charge is 0.410 e. The summed E-state index contributed by atoms with van der Waals surface area (Å²) in [6.45, 7) is 6.94. The van der Waals surface area contributed by atoms with Gasteiger partial charge in [0.1, 0.15) is 12.2 Å². The molecule has 0 radical (unpaired) electrons. The zero-order valence-electron chi connectivity index (χ0n) is 14.4. The van der Waals surface area contributed by atoms with Crippen LogP contribution < -0.4 is 0 Å². The average Bonchev–Trinajstić information content (AvgIpc) is 3.25. The molecular formula is C18H24N2O4. The largest absolute Gasteiger partial charge is 0.445 e. The Balaban J connectivity index is 1.48. The van der Waals surface area contributed by atoms with Crippen molar-refractivity contribution in [1.82, 2.24) is 9.80 Å². The maximum atomic E-state index is 12.2. The van der Waals surface area contributed by atoms with Crippen molar-refractivity contribution in [2.75, 3.05) is 13.1 Å². The van der Waals surface area contributed by atoms with Gasteiger partial charge >= 0.3 is 12.2 Å². The van der Waals surface area contributed by atoms with Gasteiger partial charge in [-0.2, -0.15) is 0 Å². The Bertz CT molecular complexity index is 611. The molecule has 2 atom stereocenters. The number of carbonyl (C=O) groups excluding carboxylic acids is 2. The second-order valence-corrected chi connectivity index (χ2v) is 7.30. The van der Waals surface area contributed by atoms with Crippen LogP contribution in [0.3, 0.4) is 0 Å². The molecule has 1 aromatic carbocycles. The molecule has 2 aliphatic rings.